The van der Waals surface area contributed by atoms with Crippen LogP contribution in [0.2, 0.25) is 0 Å². The highest BCUT2D eigenvalue weighted by atomic mass is 16.2. The maximum atomic E-state index is 12.3. The van der Waals surface area contributed by atoms with E-state index in [9.17, 15) is 9.59 Å². The Morgan fingerprint density at radius 1 is 1.50 bits per heavy atom. The van der Waals surface area contributed by atoms with Crippen LogP contribution in [0.25, 0.3) is 0 Å². The van der Waals surface area contributed by atoms with E-state index in [1.807, 2.05) is 11.0 Å². The van der Waals surface area contributed by atoms with Crippen LogP contribution in [-0.4, -0.2) is 33.6 Å². The molecule has 1 atom stereocenters. The maximum absolute atomic E-state index is 12.3. The molecule has 1 unspecified atom stereocenters. The Bertz CT molecular complexity index is 525. The monoisotopic (exact) mass is 249 g/mol. The molecule has 0 saturated carbocycles. The molecule has 18 heavy (non-hydrogen) atoms. The molecule has 0 aromatic carbocycles. The molecule has 0 spiro atoms. The van der Waals surface area contributed by atoms with E-state index >= 15 is 0 Å². The van der Waals surface area contributed by atoms with Crippen molar-refractivity contribution in [3.05, 3.63) is 33.8 Å². The fourth-order valence-electron chi connectivity index (χ4n) is 2.33. The van der Waals surface area contributed by atoms with E-state index in [0.29, 0.717) is 18.0 Å². The molecular weight excluding hydrogens is 230 g/mol. The van der Waals surface area contributed by atoms with Crippen molar-refractivity contribution in [1.82, 2.24) is 15.1 Å². The summed E-state index contributed by atoms with van der Waals surface area (Å²) in [5.41, 5.74) is 1.07. The molecule has 0 aliphatic carbocycles. The van der Waals surface area contributed by atoms with Gasteiger partial charge in [0.2, 0.25) is 5.91 Å². The van der Waals surface area contributed by atoms with E-state index in [1.165, 1.54) is 0 Å². The van der Waals surface area contributed by atoms with Crippen LogP contribution >= 0.6 is 0 Å². The normalized spacial score (nSPS) is 18.9. The van der Waals surface area contributed by atoms with Crippen LogP contribution in [0.4, 0.5) is 0 Å². The minimum Gasteiger partial charge on any atom is -0.332 e. The first-order valence-electron chi connectivity index (χ1n) is 6.23. The van der Waals surface area contributed by atoms with Crippen LogP contribution in [0, 0.1) is 12.8 Å². The molecule has 0 saturated heterocycles. The van der Waals surface area contributed by atoms with Crippen molar-refractivity contribution in [2.75, 3.05) is 6.54 Å². The first-order valence-corrected chi connectivity index (χ1v) is 6.23. The van der Waals surface area contributed by atoms with Gasteiger partial charge in [0.25, 0.3) is 5.56 Å². The van der Waals surface area contributed by atoms with Gasteiger partial charge in [-0.15, -0.1) is 0 Å². The lowest BCUT2D eigenvalue weighted by molar-refractivity contribution is -0.131. The van der Waals surface area contributed by atoms with Gasteiger partial charge in [0.15, 0.2) is 0 Å². The fraction of sp³-hybridized carbons (Fsp3) is 0.538. The highest BCUT2D eigenvalue weighted by Crippen LogP contribution is 2.18. The van der Waals surface area contributed by atoms with Crippen molar-refractivity contribution < 1.29 is 4.79 Å². The number of nitrogens with zero attached hydrogens (tertiary/aromatic N) is 1. The van der Waals surface area contributed by atoms with Gasteiger partial charge in [0.1, 0.15) is 0 Å². The van der Waals surface area contributed by atoms with E-state index < -0.39 is 0 Å². The van der Waals surface area contributed by atoms with Gasteiger partial charge in [0, 0.05) is 17.8 Å². The van der Waals surface area contributed by atoms with Gasteiger partial charge < -0.3 is 10.00 Å². The summed E-state index contributed by atoms with van der Waals surface area (Å²) in [5, 5.41) is 5.24. The Labute approximate surface area is 106 Å². The molecule has 1 aromatic rings. The highest BCUT2D eigenvalue weighted by molar-refractivity contribution is 5.80. The second kappa shape index (κ2) is 4.84. The van der Waals surface area contributed by atoms with E-state index in [4.69, 9.17) is 0 Å². The molecule has 1 aromatic heterocycles. The topological polar surface area (TPSA) is 69.0 Å². The van der Waals surface area contributed by atoms with Crippen molar-refractivity contribution in [3.8, 4) is 0 Å². The number of nitrogens with one attached hydrogen (secondary N) is 2. The number of rotatable bonds is 3. The quantitative estimate of drug-likeness (QED) is 0.784. The zero-order chi connectivity index (χ0) is 13.3. The number of hydrogen-bond acceptors (Lipinski definition) is 2. The lowest BCUT2D eigenvalue weighted by Gasteiger charge is -2.27. The van der Waals surface area contributed by atoms with Crippen molar-refractivity contribution >= 4 is 5.91 Å². The Morgan fingerprint density at radius 3 is 2.78 bits per heavy atom. The number of amides is 1. The summed E-state index contributed by atoms with van der Waals surface area (Å²) >= 11 is 0. The number of aryl methyl sites for hydroxylation is 1. The number of carbonyl (C=O) groups is 1. The zero-order valence-corrected chi connectivity index (χ0v) is 11.0. The number of aromatic amines is 2. The summed E-state index contributed by atoms with van der Waals surface area (Å²) in [6, 6.07) is 0.149. The summed E-state index contributed by atoms with van der Waals surface area (Å²) in [7, 11) is 0. The van der Waals surface area contributed by atoms with Crippen LogP contribution in [0.3, 0.4) is 0 Å². The van der Waals surface area contributed by atoms with E-state index in [1.54, 1.807) is 6.92 Å². The van der Waals surface area contributed by atoms with Crippen molar-refractivity contribution in [2.24, 2.45) is 5.92 Å². The largest absolute Gasteiger partial charge is 0.332 e. The van der Waals surface area contributed by atoms with Gasteiger partial charge in [-0.2, -0.15) is 0 Å². The molecule has 2 rings (SSSR count). The molecule has 5 nitrogen and oxygen atoms in total. The van der Waals surface area contributed by atoms with E-state index in [0.717, 1.165) is 5.69 Å². The number of carbonyl (C=O) groups excluding carboxylic acids is 1. The van der Waals surface area contributed by atoms with Gasteiger partial charge in [-0.25, -0.2) is 0 Å². The third-order valence-corrected chi connectivity index (χ3v) is 3.42. The second-order valence-electron chi connectivity index (χ2n) is 5.07. The van der Waals surface area contributed by atoms with Crippen LogP contribution in [0.15, 0.2) is 16.9 Å². The summed E-state index contributed by atoms with van der Waals surface area (Å²) in [6.07, 6.45) is 4.24. The van der Waals surface area contributed by atoms with Gasteiger partial charge in [-0.05, 0) is 12.8 Å². The Balaban J connectivity index is 2.12. The van der Waals surface area contributed by atoms with Gasteiger partial charge >= 0.3 is 0 Å². The molecule has 1 amide bonds. The Kier molecular flexibility index (Phi) is 3.41. The van der Waals surface area contributed by atoms with Gasteiger partial charge in [0.05, 0.1) is 12.5 Å². The lowest BCUT2D eigenvalue weighted by Crippen LogP contribution is -2.40. The van der Waals surface area contributed by atoms with Crippen LogP contribution in [-0.2, 0) is 11.2 Å². The smallest absolute Gasteiger partial charge is 0.267 e. The first kappa shape index (κ1) is 12.7. The molecule has 98 valence electrons. The highest BCUT2D eigenvalue weighted by Gasteiger charge is 2.27. The molecule has 0 fully saturated rings. The third kappa shape index (κ3) is 2.25. The molecule has 1 aliphatic rings. The first-order chi connectivity index (χ1) is 8.50. The van der Waals surface area contributed by atoms with Gasteiger partial charge in [-0.3, -0.25) is 14.7 Å². The fourth-order valence-corrected chi connectivity index (χ4v) is 2.33. The maximum Gasteiger partial charge on any atom is 0.267 e. The average molecular weight is 249 g/mol. The SMILES string of the molecule is Cc1[nH][nH]c(=O)c1CC(=O)N1CC=CC1C(C)C. The van der Waals surface area contributed by atoms with E-state index in [-0.39, 0.29) is 23.9 Å². The zero-order valence-electron chi connectivity index (χ0n) is 11.0. The van der Waals surface area contributed by atoms with Gasteiger partial charge in [-0.1, -0.05) is 26.0 Å². The average Bonchev–Trinajstić information content (AvgIpc) is 2.90. The van der Waals surface area contributed by atoms with Crippen LogP contribution < -0.4 is 5.56 Å². The van der Waals surface area contributed by atoms with Crippen molar-refractivity contribution in [1.29, 1.82) is 0 Å². The molecule has 0 bridgehead atoms. The number of aromatic nitrogens is 2. The summed E-state index contributed by atoms with van der Waals surface area (Å²) in [6.45, 7) is 6.62. The van der Waals surface area contributed by atoms with E-state index in [2.05, 4.69) is 30.1 Å². The Hall–Kier alpha value is -1.78. The number of hydrogen-bond donors (Lipinski definition) is 2. The van der Waals surface area contributed by atoms with Crippen LogP contribution in [0.1, 0.15) is 25.1 Å². The minimum atomic E-state index is -0.200. The molecule has 0 radical (unpaired) electrons. The predicted molar refractivity (Wildman–Crippen MR) is 69.3 cm³/mol. The second-order valence-corrected chi connectivity index (χ2v) is 5.07. The molecule has 2 heterocycles. The minimum absolute atomic E-state index is 0.00639. The summed E-state index contributed by atoms with van der Waals surface area (Å²) < 4.78 is 0. The van der Waals surface area contributed by atoms with Crippen molar-refractivity contribution in [3.63, 3.8) is 0 Å². The predicted octanol–water partition coefficient (Wildman–Crippen LogP) is 0.977. The molecule has 1 aliphatic heterocycles. The lowest BCUT2D eigenvalue weighted by atomic mass is 10.0. The third-order valence-electron chi connectivity index (χ3n) is 3.42. The molecule has 2 N–H and O–H groups in total. The van der Waals surface area contributed by atoms with Crippen molar-refractivity contribution in [2.45, 2.75) is 33.2 Å². The number of H-pyrrole nitrogens is 2. The van der Waals surface area contributed by atoms with Crippen LogP contribution in [0.5, 0.6) is 0 Å². The standard InChI is InChI=1S/C13H19N3O2/c1-8(2)11-5-4-6-16(11)12(17)7-10-9(3)14-15-13(10)18/h4-5,8,11H,6-7H2,1-3H3,(H2,14,15,18). The molecule has 5 heteroatoms. The Morgan fingerprint density at radius 2 is 2.22 bits per heavy atom. The summed E-state index contributed by atoms with van der Waals surface area (Å²) in [5.74, 6) is 0.394. The molecular formula is C13H19N3O2. The summed E-state index contributed by atoms with van der Waals surface area (Å²) in [4.78, 5) is 25.6.